The molecule has 0 aliphatic carbocycles. The van der Waals surface area contributed by atoms with Crippen LogP contribution in [0.4, 0.5) is 0 Å². The standard InChI is InChI=1S/C28H28N2O6/c29-23(15-19-11-5-9-17-7-1-3-13-21(17)19)35-27(33)25(31)26(32)28(34)36-24(30)16-20-12-6-10-18-8-2-4-14-22(18)20/h1-14,23-26,31-32H,15-16,29-30H2. The van der Waals surface area contributed by atoms with Gasteiger partial charge in [0.25, 0.3) is 0 Å². The Morgan fingerprint density at radius 2 is 0.972 bits per heavy atom. The predicted octanol–water partition coefficient (Wildman–Crippen LogP) is 2.16. The second-order valence-corrected chi connectivity index (χ2v) is 8.53. The summed E-state index contributed by atoms with van der Waals surface area (Å²) in [5.74, 6) is -2.48. The Kier molecular flexibility index (Phi) is 7.92. The van der Waals surface area contributed by atoms with Gasteiger partial charge >= 0.3 is 11.9 Å². The molecule has 0 fully saturated rings. The molecule has 0 bridgehead atoms. The van der Waals surface area contributed by atoms with E-state index in [1.165, 1.54) is 0 Å². The fourth-order valence-corrected chi connectivity index (χ4v) is 4.15. The molecule has 4 atom stereocenters. The van der Waals surface area contributed by atoms with Gasteiger partial charge in [-0.2, -0.15) is 0 Å². The zero-order chi connectivity index (χ0) is 25.7. The highest BCUT2D eigenvalue weighted by Gasteiger charge is 2.34. The molecular weight excluding hydrogens is 460 g/mol. The topological polar surface area (TPSA) is 145 Å². The highest BCUT2D eigenvalue weighted by Crippen LogP contribution is 2.21. The van der Waals surface area contributed by atoms with Gasteiger partial charge in [-0.1, -0.05) is 84.9 Å². The van der Waals surface area contributed by atoms with Crippen LogP contribution in [0.5, 0.6) is 0 Å². The van der Waals surface area contributed by atoms with Crippen LogP contribution in [0.3, 0.4) is 0 Å². The molecule has 0 heterocycles. The molecule has 0 saturated carbocycles. The summed E-state index contributed by atoms with van der Waals surface area (Å²) < 4.78 is 10.1. The number of hydrogen-bond donors (Lipinski definition) is 4. The number of fused-ring (bicyclic) bond motifs is 2. The minimum Gasteiger partial charge on any atom is -0.444 e. The molecule has 0 radical (unpaired) electrons. The van der Waals surface area contributed by atoms with Crippen LogP contribution in [-0.4, -0.2) is 46.8 Å². The van der Waals surface area contributed by atoms with Gasteiger partial charge in [0.15, 0.2) is 24.7 Å². The monoisotopic (exact) mass is 488 g/mol. The number of esters is 2. The van der Waals surface area contributed by atoms with Crippen LogP contribution < -0.4 is 11.5 Å². The van der Waals surface area contributed by atoms with Gasteiger partial charge in [0, 0.05) is 12.8 Å². The second kappa shape index (κ2) is 11.3. The van der Waals surface area contributed by atoms with Crippen LogP contribution in [0.2, 0.25) is 0 Å². The van der Waals surface area contributed by atoms with E-state index < -0.39 is 36.6 Å². The lowest BCUT2D eigenvalue weighted by atomic mass is 10.0. The molecule has 4 aromatic rings. The molecule has 0 aliphatic heterocycles. The summed E-state index contributed by atoms with van der Waals surface area (Å²) in [6.07, 6.45) is -6.21. The highest BCUT2D eigenvalue weighted by atomic mass is 16.6. The Morgan fingerprint density at radius 1 is 0.611 bits per heavy atom. The summed E-state index contributed by atoms with van der Waals surface area (Å²) in [7, 11) is 0. The van der Waals surface area contributed by atoms with Crippen molar-refractivity contribution in [2.45, 2.75) is 37.5 Å². The third-order valence-corrected chi connectivity index (χ3v) is 5.92. The smallest absolute Gasteiger partial charge is 0.339 e. The molecule has 8 nitrogen and oxygen atoms in total. The maximum atomic E-state index is 12.3. The van der Waals surface area contributed by atoms with Gasteiger partial charge in [-0.25, -0.2) is 9.59 Å². The normalized spacial score (nSPS) is 14.7. The first-order valence-electron chi connectivity index (χ1n) is 11.5. The number of aliphatic hydroxyl groups is 2. The highest BCUT2D eigenvalue weighted by molar-refractivity contribution is 5.87. The number of aliphatic hydroxyl groups excluding tert-OH is 2. The van der Waals surface area contributed by atoms with E-state index in [0.717, 1.165) is 32.7 Å². The third kappa shape index (κ3) is 5.87. The average Bonchev–Trinajstić information content (AvgIpc) is 2.88. The summed E-state index contributed by atoms with van der Waals surface area (Å²) in [6, 6.07) is 26.7. The summed E-state index contributed by atoms with van der Waals surface area (Å²) >= 11 is 0. The van der Waals surface area contributed by atoms with Crippen molar-refractivity contribution in [3.63, 3.8) is 0 Å². The molecule has 0 aromatic heterocycles. The van der Waals surface area contributed by atoms with Gasteiger partial charge in [0.2, 0.25) is 0 Å². The number of hydrogen-bond acceptors (Lipinski definition) is 8. The fraction of sp³-hybridized carbons (Fsp3) is 0.214. The van der Waals surface area contributed by atoms with Crippen molar-refractivity contribution >= 4 is 33.5 Å². The van der Waals surface area contributed by atoms with Crippen molar-refractivity contribution in [3.05, 3.63) is 96.1 Å². The zero-order valence-corrected chi connectivity index (χ0v) is 19.5. The molecule has 0 spiro atoms. The van der Waals surface area contributed by atoms with Gasteiger partial charge in [0.1, 0.15) is 0 Å². The van der Waals surface area contributed by atoms with Crippen molar-refractivity contribution in [2.24, 2.45) is 11.5 Å². The molecule has 186 valence electrons. The number of carbonyl (C=O) groups excluding carboxylic acids is 2. The molecule has 0 amide bonds. The largest absolute Gasteiger partial charge is 0.444 e. The Hall–Kier alpha value is -3.82. The van der Waals surface area contributed by atoms with E-state index >= 15 is 0 Å². The van der Waals surface area contributed by atoms with Crippen molar-refractivity contribution in [1.29, 1.82) is 0 Å². The van der Waals surface area contributed by atoms with E-state index in [1.807, 2.05) is 84.9 Å². The number of rotatable bonds is 9. The van der Waals surface area contributed by atoms with E-state index in [4.69, 9.17) is 20.9 Å². The minimum absolute atomic E-state index is 0.177. The van der Waals surface area contributed by atoms with Crippen molar-refractivity contribution in [2.75, 3.05) is 0 Å². The maximum absolute atomic E-state index is 12.3. The maximum Gasteiger partial charge on any atom is 0.339 e. The van der Waals surface area contributed by atoms with Gasteiger partial charge in [0.05, 0.1) is 0 Å². The van der Waals surface area contributed by atoms with E-state index in [0.29, 0.717) is 0 Å². The molecule has 0 saturated heterocycles. The molecule has 4 rings (SSSR count). The molecule has 0 aliphatic rings. The lowest BCUT2D eigenvalue weighted by molar-refractivity contribution is -0.178. The summed E-state index contributed by atoms with van der Waals surface area (Å²) in [5, 5.41) is 24.3. The van der Waals surface area contributed by atoms with Crippen molar-refractivity contribution in [3.8, 4) is 0 Å². The Labute approximate surface area is 208 Å². The lowest BCUT2D eigenvalue weighted by Crippen LogP contribution is -2.46. The van der Waals surface area contributed by atoms with Crippen molar-refractivity contribution in [1.82, 2.24) is 0 Å². The van der Waals surface area contributed by atoms with E-state index in [2.05, 4.69) is 0 Å². The SMILES string of the molecule is NC(Cc1cccc2ccccc12)OC(=O)C(O)C(O)C(=O)OC(N)Cc1cccc2ccccc12. The zero-order valence-electron chi connectivity index (χ0n) is 19.5. The number of benzene rings is 4. The average molecular weight is 489 g/mol. The van der Waals surface area contributed by atoms with Gasteiger partial charge in [-0.05, 0) is 32.7 Å². The second-order valence-electron chi connectivity index (χ2n) is 8.53. The van der Waals surface area contributed by atoms with E-state index in [9.17, 15) is 19.8 Å². The molecule has 4 aromatic carbocycles. The summed E-state index contributed by atoms with van der Waals surface area (Å²) in [5.41, 5.74) is 13.6. The fourth-order valence-electron chi connectivity index (χ4n) is 4.15. The van der Waals surface area contributed by atoms with Gasteiger partial charge < -0.3 is 19.7 Å². The van der Waals surface area contributed by atoms with Gasteiger partial charge in [-0.3, -0.25) is 11.5 Å². The molecule has 6 N–H and O–H groups in total. The summed E-state index contributed by atoms with van der Waals surface area (Å²) in [6.45, 7) is 0. The quantitative estimate of drug-likeness (QED) is 0.207. The first kappa shape index (κ1) is 25.3. The van der Waals surface area contributed by atoms with Crippen LogP contribution >= 0.6 is 0 Å². The van der Waals surface area contributed by atoms with Crippen molar-refractivity contribution < 1.29 is 29.3 Å². The minimum atomic E-state index is -2.18. The molecule has 36 heavy (non-hydrogen) atoms. The van der Waals surface area contributed by atoms with Crippen LogP contribution in [0.25, 0.3) is 21.5 Å². The lowest BCUT2D eigenvalue weighted by Gasteiger charge is -2.21. The van der Waals surface area contributed by atoms with Crippen LogP contribution in [-0.2, 0) is 31.9 Å². The first-order valence-corrected chi connectivity index (χ1v) is 11.5. The number of nitrogens with two attached hydrogens (primary N) is 2. The van der Waals surface area contributed by atoms with Crippen LogP contribution in [0, 0.1) is 0 Å². The molecular formula is C28H28N2O6. The Balaban J connectivity index is 1.32. The number of ether oxygens (including phenoxy) is 2. The Bertz CT molecular complexity index is 1260. The number of carbonyl (C=O) groups is 2. The van der Waals surface area contributed by atoms with E-state index in [1.54, 1.807) is 0 Å². The van der Waals surface area contributed by atoms with Crippen LogP contribution in [0.1, 0.15) is 11.1 Å². The van der Waals surface area contributed by atoms with Gasteiger partial charge in [-0.15, -0.1) is 0 Å². The third-order valence-electron chi connectivity index (χ3n) is 5.92. The van der Waals surface area contributed by atoms with Crippen LogP contribution in [0.15, 0.2) is 84.9 Å². The Morgan fingerprint density at radius 3 is 1.39 bits per heavy atom. The molecule has 8 heteroatoms. The van der Waals surface area contributed by atoms with E-state index in [-0.39, 0.29) is 12.8 Å². The molecule has 4 unspecified atom stereocenters. The first-order chi connectivity index (χ1) is 17.3. The predicted molar refractivity (Wildman–Crippen MR) is 135 cm³/mol. The summed E-state index contributed by atoms with van der Waals surface area (Å²) in [4.78, 5) is 24.7.